The van der Waals surface area contributed by atoms with Crippen LogP contribution in [0, 0.1) is 0 Å². The molecule has 0 spiro atoms. The number of fused-ring (bicyclic) bond motifs is 2. The number of aromatic nitrogens is 2. The number of rotatable bonds is 3. The molecule has 2 aromatic heterocycles. The molecule has 0 saturated heterocycles. The van der Waals surface area contributed by atoms with E-state index in [-0.39, 0.29) is 5.91 Å². The molecule has 4 rings (SSSR count). The molecule has 2 heterocycles. The molecule has 0 radical (unpaired) electrons. The van der Waals surface area contributed by atoms with Crippen molar-refractivity contribution in [2.24, 2.45) is 0 Å². The largest absolute Gasteiger partial charge is 0.464 e. The van der Waals surface area contributed by atoms with Crippen LogP contribution in [0.25, 0.3) is 21.8 Å². The van der Waals surface area contributed by atoms with Gasteiger partial charge in [-0.3, -0.25) is 4.79 Å². The molecule has 0 atom stereocenters. The van der Waals surface area contributed by atoms with E-state index in [1.165, 1.54) is 7.11 Å². The smallest absolute Gasteiger partial charge is 0.354 e. The van der Waals surface area contributed by atoms with E-state index in [9.17, 15) is 9.59 Å². The Kier molecular flexibility index (Phi) is 3.62. The van der Waals surface area contributed by atoms with Gasteiger partial charge in [0.2, 0.25) is 0 Å². The average Bonchev–Trinajstić information content (AvgIpc) is 3.24. The number of ether oxygens (including phenoxy) is 1. The van der Waals surface area contributed by atoms with Crippen molar-refractivity contribution in [2.45, 2.75) is 0 Å². The molecule has 130 valence electrons. The van der Waals surface area contributed by atoms with Crippen LogP contribution in [0.5, 0.6) is 0 Å². The number of nitrogens with two attached hydrogens (primary N) is 1. The summed E-state index contributed by atoms with van der Waals surface area (Å²) in [6, 6.07) is 14.2. The zero-order valence-electron chi connectivity index (χ0n) is 13.9. The van der Waals surface area contributed by atoms with Gasteiger partial charge in [-0.2, -0.15) is 0 Å². The number of esters is 1. The van der Waals surface area contributed by atoms with Crippen LogP contribution in [0.3, 0.4) is 0 Å². The third kappa shape index (κ3) is 2.75. The third-order valence-corrected chi connectivity index (χ3v) is 4.17. The second-order valence-corrected chi connectivity index (χ2v) is 5.96. The Morgan fingerprint density at radius 3 is 2.35 bits per heavy atom. The number of aromatic amines is 2. The van der Waals surface area contributed by atoms with Crippen molar-refractivity contribution in [3.8, 4) is 0 Å². The number of anilines is 2. The molecule has 0 fully saturated rings. The van der Waals surface area contributed by atoms with Gasteiger partial charge >= 0.3 is 5.97 Å². The lowest BCUT2D eigenvalue weighted by atomic mass is 10.2. The highest BCUT2D eigenvalue weighted by Gasteiger charge is 2.12. The van der Waals surface area contributed by atoms with Gasteiger partial charge in [0.15, 0.2) is 0 Å². The highest BCUT2D eigenvalue weighted by atomic mass is 16.5. The lowest BCUT2D eigenvalue weighted by molar-refractivity contribution is 0.0595. The van der Waals surface area contributed by atoms with Crippen molar-refractivity contribution in [2.75, 3.05) is 18.2 Å². The zero-order chi connectivity index (χ0) is 18.3. The van der Waals surface area contributed by atoms with Crippen LogP contribution < -0.4 is 11.1 Å². The molecular formula is C19H16N4O3. The number of carbonyl (C=O) groups excluding carboxylic acids is 2. The summed E-state index contributed by atoms with van der Waals surface area (Å²) >= 11 is 0. The Balaban J connectivity index is 1.60. The molecule has 1 amide bonds. The summed E-state index contributed by atoms with van der Waals surface area (Å²) in [5, 5.41) is 4.52. The summed E-state index contributed by atoms with van der Waals surface area (Å²) in [7, 11) is 1.33. The van der Waals surface area contributed by atoms with Gasteiger partial charge in [0.25, 0.3) is 5.91 Å². The topological polar surface area (TPSA) is 113 Å². The summed E-state index contributed by atoms with van der Waals surface area (Å²) in [5.74, 6) is -0.702. The molecule has 5 N–H and O–H groups in total. The van der Waals surface area contributed by atoms with Crippen molar-refractivity contribution in [1.82, 2.24) is 9.97 Å². The minimum Gasteiger partial charge on any atom is -0.464 e. The lowest BCUT2D eigenvalue weighted by Gasteiger charge is -2.03. The normalized spacial score (nSPS) is 11.0. The Morgan fingerprint density at radius 1 is 0.923 bits per heavy atom. The first-order valence-corrected chi connectivity index (χ1v) is 7.94. The van der Waals surface area contributed by atoms with Crippen LogP contribution >= 0.6 is 0 Å². The molecule has 2 aromatic carbocycles. The second kappa shape index (κ2) is 5.96. The van der Waals surface area contributed by atoms with Gasteiger partial charge in [0, 0.05) is 33.2 Å². The number of nitrogen functional groups attached to an aromatic ring is 1. The Labute approximate surface area is 148 Å². The Morgan fingerprint density at radius 2 is 1.58 bits per heavy atom. The molecule has 0 saturated carbocycles. The van der Waals surface area contributed by atoms with E-state index >= 15 is 0 Å². The fourth-order valence-corrected chi connectivity index (χ4v) is 2.90. The van der Waals surface area contributed by atoms with Gasteiger partial charge < -0.3 is 25.8 Å². The predicted molar refractivity (Wildman–Crippen MR) is 100 cm³/mol. The molecule has 0 unspecified atom stereocenters. The lowest BCUT2D eigenvalue weighted by Crippen LogP contribution is -2.11. The SMILES string of the molecule is COC(=O)c1cc2cc(NC(=O)c3cc4cc(N)ccc4[nH]3)ccc2[nH]1. The van der Waals surface area contributed by atoms with E-state index in [0.29, 0.717) is 22.8 Å². The van der Waals surface area contributed by atoms with Gasteiger partial charge in [-0.15, -0.1) is 0 Å². The monoisotopic (exact) mass is 348 g/mol. The number of carbonyl (C=O) groups is 2. The molecule has 0 aliphatic heterocycles. The van der Waals surface area contributed by atoms with Crippen molar-refractivity contribution in [3.05, 3.63) is 59.9 Å². The summed E-state index contributed by atoms with van der Waals surface area (Å²) in [5.41, 5.74) is 9.45. The second-order valence-electron chi connectivity index (χ2n) is 5.96. The van der Waals surface area contributed by atoms with E-state index in [2.05, 4.69) is 15.3 Å². The van der Waals surface area contributed by atoms with Gasteiger partial charge in [-0.1, -0.05) is 0 Å². The minimum atomic E-state index is -0.441. The van der Waals surface area contributed by atoms with Gasteiger partial charge in [-0.05, 0) is 48.5 Å². The van der Waals surface area contributed by atoms with Gasteiger partial charge in [0.05, 0.1) is 7.11 Å². The standard InChI is InChI=1S/C19H16N4O3/c1-26-19(25)17-9-11-7-13(3-5-15(11)23-17)21-18(24)16-8-10-6-12(20)2-4-14(10)22-16/h2-9,22-23H,20H2,1H3,(H,21,24). The van der Waals surface area contributed by atoms with E-state index in [1.54, 1.807) is 36.4 Å². The number of methoxy groups -OCH3 is 1. The average molecular weight is 348 g/mol. The first-order valence-electron chi connectivity index (χ1n) is 7.94. The Hall–Kier alpha value is -3.74. The number of nitrogens with one attached hydrogen (secondary N) is 3. The van der Waals surface area contributed by atoms with Crippen LogP contribution in [0.15, 0.2) is 48.5 Å². The fraction of sp³-hybridized carbons (Fsp3) is 0.0526. The predicted octanol–water partition coefficient (Wildman–Crippen LogP) is 3.27. The summed E-state index contributed by atoms with van der Waals surface area (Å²) in [4.78, 5) is 30.2. The van der Waals surface area contributed by atoms with E-state index < -0.39 is 5.97 Å². The third-order valence-electron chi connectivity index (χ3n) is 4.17. The zero-order valence-corrected chi connectivity index (χ0v) is 13.9. The molecule has 4 aromatic rings. The van der Waals surface area contributed by atoms with Crippen LogP contribution in [0.4, 0.5) is 11.4 Å². The van der Waals surface area contributed by atoms with Gasteiger partial charge in [0.1, 0.15) is 11.4 Å². The minimum absolute atomic E-state index is 0.261. The quantitative estimate of drug-likeness (QED) is 0.336. The van der Waals surface area contributed by atoms with Crippen LogP contribution in [-0.4, -0.2) is 29.0 Å². The molecule has 7 heteroatoms. The number of hydrogen-bond acceptors (Lipinski definition) is 4. The maximum atomic E-state index is 12.5. The number of H-pyrrole nitrogens is 2. The van der Waals surface area contributed by atoms with Crippen molar-refractivity contribution < 1.29 is 14.3 Å². The molecule has 0 aliphatic carbocycles. The van der Waals surface area contributed by atoms with Crippen LogP contribution in [0.2, 0.25) is 0 Å². The number of hydrogen-bond donors (Lipinski definition) is 4. The van der Waals surface area contributed by atoms with Crippen molar-refractivity contribution >= 4 is 45.1 Å². The maximum Gasteiger partial charge on any atom is 0.354 e. The fourth-order valence-electron chi connectivity index (χ4n) is 2.90. The van der Waals surface area contributed by atoms with Gasteiger partial charge in [-0.25, -0.2) is 4.79 Å². The van der Waals surface area contributed by atoms with Crippen molar-refractivity contribution in [1.29, 1.82) is 0 Å². The van der Waals surface area contributed by atoms with Crippen LogP contribution in [-0.2, 0) is 4.74 Å². The molecule has 7 nitrogen and oxygen atoms in total. The first-order chi connectivity index (χ1) is 12.5. The van der Waals surface area contributed by atoms with Crippen molar-refractivity contribution in [3.63, 3.8) is 0 Å². The highest BCUT2D eigenvalue weighted by molar-refractivity contribution is 6.07. The Bertz CT molecular complexity index is 1160. The maximum absolute atomic E-state index is 12.5. The summed E-state index contributed by atoms with van der Waals surface area (Å²) in [6.45, 7) is 0. The number of benzene rings is 2. The van der Waals surface area contributed by atoms with Crippen LogP contribution in [0.1, 0.15) is 21.0 Å². The molecule has 0 bridgehead atoms. The molecule has 0 aliphatic rings. The van der Waals surface area contributed by atoms with E-state index in [0.717, 1.165) is 21.8 Å². The first kappa shape index (κ1) is 15.8. The van der Waals surface area contributed by atoms with E-state index in [1.807, 2.05) is 12.1 Å². The molecule has 26 heavy (non-hydrogen) atoms. The number of amides is 1. The molecular weight excluding hydrogens is 332 g/mol. The highest BCUT2D eigenvalue weighted by Crippen LogP contribution is 2.22. The summed E-state index contributed by atoms with van der Waals surface area (Å²) in [6.07, 6.45) is 0. The summed E-state index contributed by atoms with van der Waals surface area (Å²) < 4.78 is 4.70. The van der Waals surface area contributed by atoms with E-state index in [4.69, 9.17) is 10.5 Å².